The van der Waals surface area contributed by atoms with E-state index < -0.39 is 0 Å². The molecule has 0 spiro atoms. The second-order valence-electron chi connectivity index (χ2n) is 4.48. The van der Waals surface area contributed by atoms with E-state index in [-0.39, 0.29) is 0 Å². The molecule has 2 fully saturated rings. The quantitative estimate of drug-likeness (QED) is 0.519. The summed E-state index contributed by atoms with van der Waals surface area (Å²) >= 11 is 0. The molecule has 2 aliphatic carbocycles. The molecule has 0 bridgehead atoms. The minimum atomic E-state index is 0.621. The van der Waals surface area contributed by atoms with Gasteiger partial charge in [0.1, 0.15) is 0 Å². The first kappa shape index (κ1) is 8.17. The van der Waals surface area contributed by atoms with Crippen LogP contribution in [-0.4, -0.2) is 0 Å². The predicted molar refractivity (Wildman–Crippen MR) is 51.6 cm³/mol. The van der Waals surface area contributed by atoms with Gasteiger partial charge in [0.2, 0.25) is 0 Å². The minimum absolute atomic E-state index is 0.621. The molecular formula is C12H18. The van der Waals surface area contributed by atoms with Crippen LogP contribution >= 0.6 is 0 Å². The molecule has 0 heteroatoms. The number of hydrogen-bond acceptors (Lipinski definition) is 0. The van der Waals surface area contributed by atoms with Gasteiger partial charge in [-0.05, 0) is 31.1 Å². The van der Waals surface area contributed by atoms with Crippen molar-refractivity contribution in [2.75, 3.05) is 0 Å². The lowest BCUT2D eigenvalue weighted by molar-refractivity contribution is 0.342. The molecule has 0 aromatic carbocycles. The van der Waals surface area contributed by atoms with Crippen molar-refractivity contribution in [2.45, 2.75) is 44.9 Å². The zero-order valence-electron chi connectivity index (χ0n) is 7.76. The average Bonchev–Trinajstić information content (AvgIpc) is 2.75. The van der Waals surface area contributed by atoms with Gasteiger partial charge in [-0.3, -0.25) is 0 Å². The summed E-state index contributed by atoms with van der Waals surface area (Å²) in [5.74, 6) is 5.58. The number of hydrogen-bond donors (Lipinski definition) is 0. The molecule has 0 heterocycles. The predicted octanol–water partition coefficient (Wildman–Crippen LogP) is 3.23. The maximum absolute atomic E-state index is 5.44. The van der Waals surface area contributed by atoms with Crippen molar-refractivity contribution in [3.63, 3.8) is 0 Å². The molecule has 0 nitrogen and oxygen atoms in total. The molecule has 66 valence electrons. The van der Waals surface area contributed by atoms with E-state index in [9.17, 15) is 0 Å². The molecule has 2 rings (SSSR count). The zero-order valence-corrected chi connectivity index (χ0v) is 7.76. The van der Waals surface area contributed by atoms with Gasteiger partial charge in [0.15, 0.2) is 0 Å². The standard InChI is InChI=1S/C12H18/c1-2-10-7-8-12(9-10)11-5-3-4-6-11/h1,10-12H,3-9H2. The fourth-order valence-corrected chi connectivity index (χ4v) is 3.02. The third-order valence-electron chi connectivity index (χ3n) is 3.78. The van der Waals surface area contributed by atoms with Gasteiger partial charge in [0, 0.05) is 5.92 Å². The largest absolute Gasteiger partial charge is 0.120 e. The van der Waals surface area contributed by atoms with Crippen LogP contribution in [0.25, 0.3) is 0 Å². The Morgan fingerprint density at radius 3 is 2.25 bits per heavy atom. The van der Waals surface area contributed by atoms with E-state index in [1.54, 1.807) is 0 Å². The van der Waals surface area contributed by atoms with Crippen molar-refractivity contribution in [1.82, 2.24) is 0 Å². The van der Waals surface area contributed by atoms with Crippen molar-refractivity contribution in [3.05, 3.63) is 0 Å². The van der Waals surface area contributed by atoms with Crippen LogP contribution in [0.1, 0.15) is 44.9 Å². The van der Waals surface area contributed by atoms with E-state index in [0.29, 0.717) is 5.92 Å². The number of terminal acetylenes is 1. The van der Waals surface area contributed by atoms with Crippen LogP contribution in [0.5, 0.6) is 0 Å². The molecule has 2 aliphatic rings. The van der Waals surface area contributed by atoms with Crippen LogP contribution in [0.3, 0.4) is 0 Å². The lowest BCUT2D eigenvalue weighted by Gasteiger charge is -2.16. The Hall–Kier alpha value is -0.440. The molecule has 0 saturated heterocycles. The van der Waals surface area contributed by atoms with Gasteiger partial charge >= 0.3 is 0 Å². The summed E-state index contributed by atoms with van der Waals surface area (Å²) in [4.78, 5) is 0. The highest BCUT2D eigenvalue weighted by Crippen LogP contribution is 2.42. The normalized spacial score (nSPS) is 36.9. The van der Waals surface area contributed by atoms with Crippen LogP contribution in [0.4, 0.5) is 0 Å². The maximum Gasteiger partial charge on any atom is 0.0203 e. The molecule has 0 amide bonds. The highest BCUT2D eigenvalue weighted by Gasteiger charge is 2.31. The molecule has 0 aromatic heterocycles. The Bertz CT molecular complexity index is 181. The molecule has 2 atom stereocenters. The summed E-state index contributed by atoms with van der Waals surface area (Å²) in [6.07, 6.45) is 15.4. The van der Waals surface area contributed by atoms with Gasteiger partial charge in [-0.15, -0.1) is 12.3 Å². The molecule has 2 saturated carbocycles. The van der Waals surface area contributed by atoms with Gasteiger partial charge in [-0.2, -0.15) is 0 Å². The second kappa shape index (κ2) is 3.52. The molecule has 0 aliphatic heterocycles. The van der Waals surface area contributed by atoms with Crippen molar-refractivity contribution in [2.24, 2.45) is 17.8 Å². The summed E-state index contributed by atoms with van der Waals surface area (Å²) in [7, 11) is 0. The summed E-state index contributed by atoms with van der Waals surface area (Å²) in [5.41, 5.74) is 0. The summed E-state index contributed by atoms with van der Waals surface area (Å²) in [6.45, 7) is 0. The average molecular weight is 162 g/mol. The Labute approximate surface area is 75.7 Å². The summed E-state index contributed by atoms with van der Waals surface area (Å²) < 4.78 is 0. The third-order valence-corrected chi connectivity index (χ3v) is 3.78. The Kier molecular flexibility index (Phi) is 2.40. The molecular weight excluding hydrogens is 144 g/mol. The van der Waals surface area contributed by atoms with Crippen LogP contribution in [0.15, 0.2) is 0 Å². The van der Waals surface area contributed by atoms with Gasteiger partial charge in [0.25, 0.3) is 0 Å². The highest BCUT2D eigenvalue weighted by molar-refractivity contribution is 4.98. The smallest absolute Gasteiger partial charge is 0.0203 e. The molecule has 0 radical (unpaired) electrons. The fourth-order valence-electron chi connectivity index (χ4n) is 3.02. The molecule has 12 heavy (non-hydrogen) atoms. The molecule has 0 N–H and O–H groups in total. The van der Waals surface area contributed by atoms with Gasteiger partial charge in [-0.25, -0.2) is 0 Å². The molecule has 2 unspecified atom stereocenters. The Balaban J connectivity index is 1.86. The second-order valence-corrected chi connectivity index (χ2v) is 4.48. The van der Waals surface area contributed by atoms with E-state index >= 15 is 0 Å². The monoisotopic (exact) mass is 162 g/mol. The van der Waals surface area contributed by atoms with E-state index in [4.69, 9.17) is 6.42 Å². The van der Waals surface area contributed by atoms with Crippen LogP contribution < -0.4 is 0 Å². The SMILES string of the molecule is C#CC1CCC(C2CCCC2)C1. The lowest BCUT2D eigenvalue weighted by atomic mass is 9.89. The van der Waals surface area contributed by atoms with Crippen molar-refractivity contribution in [1.29, 1.82) is 0 Å². The van der Waals surface area contributed by atoms with E-state index in [2.05, 4.69) is 5.92 Å². The topological polar surface area (TPSA) is 0 Å². The van der Waals surface area contributed by atoms with Crippen molar-refractivity contribution < 1.29 is 0 Å². The highest BCUT2D eigenvalue weighted by atomic mass is 14.4. The summed E-state index contributed by atoms with van der Waals surface area (Å²) in [5, 5.41) is 0. The summed E-state index contributed by atoms with van der Waals surface area (Å²) in [6, 6.07) is 0. The lowest BCUT2D eigenvalue weighted by Crippen LogP contribution is -2.07. The van der Waals surface area contributed by atoms with Gasteiger partial charge in [-0.1, -0.05) is 25.7 Å². The Morgan fingerprint density at radius 1 is 0.917 bits per heavy atom. The van der Waals surface area contributed by atoms with Crippen LogP contribution in [-0.2, 0) is 0 Å². The van der Waals surface area contributed by atoms with Crippen molar-refractivity contribution >= 4 is 0 Å². The zero-order chi connectivity index (χ0) is 8.39. The van der Waals surface area contributed by atoms with Crippen molar-refractivity contribution in [3.8, 4) is 12.3 Å². The van der Waals surface area contributed by atoms with Crippen LogP contribution in [0, 0.1) is 30.1 Å². The van der Waals surface area contributed by atoms with E-state index in [1.807, 2.05) is 0 Å². The van der Waals surface area contributed by atoms with Crippen LogP contribution in [0.2, 0.25) is 0 Å². The maximum atomic E-state index is 5.44. The third kappa shape index (κ3) is 1.51. The van der Waals surface area contributed by atoms with Gasteiger partial charge < -0.3 is 0 Å². The number of rotatable bonds is 1. The van der Waals surface area contributed by atoms with Gasteiger partial charge in [0.05, 0.1) is 0 Å². The van der Waals surface area contributed by atoms with E-state index in [1.165, 1.54) is 44.9 Å². The first-order valence-corrected chi connectivity index (χ1v) is 5.36. The minimum Gasteiger partial charge on any atom is -0.120 e. The first-order valence-electron chi connectivity index (χ1n) is 5.36. The Morgan fingerprint density at radius 2 is 1.67 bits per heavy atom. The first-order chi connectivity index (χ1) is 5.90. The fraction of sp³-hybridized carbons (Fsp3) is 0.833. The van der Waals surface area contributed by atoms with E-state index in [0.717, 1.165) is 11.8 Å². The molecule has 0 aromatic rings.